The number of carbonyl (C=O) groups is 1. The molecule has 1 fully saturated rings. The fourth-order valence-corrected chi connectivity index (χ4v) is 5.26. The summed E-state index contributed by atoms with van der Waals surface area (Å²) in [6.45, 7) is 4.98. The van der Waals surface area contributed by atoms with Crippen molar-refractivity contribution in [2.24, 2.45) is 5.10 Å². The van der Waals surface area contributed by atoms with Gasteiger partial charge in [0.1, 0.15) is 17.3 Å². The maximum Gasteiger partial charge on any atom is 0.257 e. The first-order chi connectivity index (χ1) is 18.5. The molecule has 1 amide bonds. The lowest BCUT2D eigenvalue weighted by Crippen LogP contribution is -2.49. The molecule has 0 aromatic heterocycles. The Morgan fingerprint density at radius 2 is 1.71 bits per heavy atom. The third kappa shape index (κ3) is 5.22. The monoisotopic (exact) mass is 516 g/mol. The van der Waals surface area contributed by atoms with Gasteiger partial charge in [-0.2, -0.15) is 5.10 Å². The summed E-state index contributed by atoms with van der Waals surface area (Å²) in [5, 5.41) is 6.50. The van der Waals surface area contributed by atoms with Gasteiger partial charge < -0.3 is 14.4 Å². The second-order valence-electron chi connectivity index (χ2n) is 9.64. The zero-order valence-corrected chi connectivity index (χ0v) is 22.1. The minimum atomic E-state index is -0.217. The molecular weight excluding hydrogens is 483 g/mol. The Hall–Kier alpha value is -3.91. The van der Waals surface area contributed by atoms with Crippen LogP contribution in [0.4, 0.5) is 10.1 Å². The number of methoxy groups -OCH3 is 2. The summed E-state index contributed by atoms with van der Waals surface area (Å²) in [6.07, 6.45) is 0.584. The molecule has 7 nitrogen and oxygen atoms in total. The maximum atomic E-state index is 14.2. The molecule has 198 valence electrons. The second-order valence-corrected chi connectivity index (χ2v) is 9.64. The predicted octanol–water partition coefficient (Wildman–Crippen LogP) is 4.65. The molecule has 38 heavy (non-hydrogen) atoms. The summed E-state index contributed by atoms with van der Waals surface area (Å²) < 4.78 is 25.2. The van der Waals surface area contributed by atoms with Gasteiger partial charge >= 0.3 is 0 Å². The van der Waals surface area contributed by atoms with Crippen LogP contribution in [0, 0.1) is 12.7 Å². The highest BCUT2D eigenvalue weighted by Crippen LogP contribution is 2.37. The number of rotatable bonds is 7. The van der Waals surface area contributed by atoms with E-state index in [2.05, 4.69) is 24.0 Å². The van der Waals surface area contributed by atoms with Gasteiger partial charge in [-0.15, -0.1) is 0 Å². The van der Waals surface area contributed by atoms with Gasteiger partial charge in [-0.25, -0.2) is 9.40 Å². The van der Waals surface area contributed by atoms with Crippen LogP contribution in [0.15, 0.2) is 71.8 Å². The van der Waals surface area contributed by atoms with E-state index >= 15 is 0 Å². The van der Waals surface area contributed by atoms with E-state index in [0.717, 1.165) is 22.4 Å². The van der Waals surface area contributed by atoms with Crippen molar-refractivity contribution in [2.75, 3.05) is 51.8 Å². The summed E-state index contributed by atoms with van der Waals surface area (Å²) in [4.78, 5) is 17.9. The fourth-order valence-electron chi connectivity index (χ4n) is 5.26. The van der Waals surface area contributed by atoms with Crippen LogP contribution in [0.3, 0.4) is 0 Å². The molecule has 0 unspecified atom stereocenters. The van der Waals surface area contributed by atoms with E-state index in [1.165, 1.54) is 6.07 Å². The van der Waals surface area contributed by atoms with Crippen LogP contribution in [0.2, 0.25) is 0 Å². The number of hydrazone groups is 1. The highest BCUT2D eigenvalue weighted by atomic mass is 19.1. The largest absolute Gasteiger partial charge is 0.497 e. The molecule has 3 aromatic rings. The fraction of sp³-hybridized carbons (Fsp3) is 0.333. The second kappa shape index (κ2) is 11.2. The Bertz CT molecular complexity index is 1340. The molecule has 8 heteroatoms. The lowest BCUT2D eigenvalue weighted by molar-refractivity contribution is -0.134. The molecule has 0 N–H and O–H groups in total. The predicted molar refractivity (Wildman–Crippen MR) is 147 cm³/mol. The Kier molecular flexibility index (Phi) is 7.60. The highest BCUT2D eigenvalue weighted by Gasteiger charge is 2.35. The average molecular weight is 517 g/mol. The van der Waals surface area contributed by atoms with Gasteiger partial charge in [0.15, 0.2) is 0 Å². The Morgan fingerprint density at radius 1 is 0.974 bits per heavy atom. The van der Waals surface area contributed by atoms with Crippen molar-refractivity contribution in [3.8, 4) is 11.5 Å². The quantitative estimate of drug-likeness (QED) is 0.458. The SMILES string of the molecule is COc1ccc(C2=NN(C(=O)CN3CCN(c4ccccc4F)CC3)[C@H](c3ccccc3C)C2)c(OC)c1. The number of piperazine rings is 1. The number of anilines is 1. The molecule has 1 saturated heterocycles. The molecule has 1 atom stereocenters. The third-order valence-electron chi connectivity index (χ3n) is 7.36. The smallest absolute Gasteiger partial charge is 0.257 e. The number of amides is 1. The number of hydrogen-bond donors (Lipinski definition) is 0. The lowest BCUT2D eigenvalue weighted by Gasteiger charge is -2.36. The van der Waals surface area contributed by atoms with Gasteiger partial charge in [0.2, 0.25) is 0 Å². The van der Waals surface area contributed by atoms with Gasteiger partial charge in [-0.05, 0) is 42.3 Å². The van der Waals surface area contributed by atoms with Crippen LogP contribution in [0.5, 0.6) is 11.5 Å². The van der Waals surface area contributed by atoms with E-state index < -0.39 is 0 Å². The molecule has 2 aliphatic heterocycles. The summed E-state index contributed by atoms with van der Waals surface area (Å²) in [7, 11) is 3.24. The van der Waals surface area contributed by atoms with Gasteiger partial charge in [0.25, 0.3) is 5.91 Å². The number of nitrogens with zero attached hydrogens (tertiary/aromatic N) is 4. The van der Waals surface area contributed by atoms with Crippen molar-refractivity contribution in [3.05, 3.63) is 89.2 Å². The Labute approximate surface area is 223 Å². The average Bonchev–Trinajstić information content (AvgIpc) is 3.39. The number of aryl methyl sites for hydroxylation is 1. The van der Waals surface area contributed by atoms with Crippen LogP contribution < -0.4 is 14.4 Å². The number of ether oxygens (including phenoxy) is 2. The third-order valence-corrected chi connectivity index (χ3v) is 7.36. The minimum absolute atomic E-state index is 0.0555. The normalized spacial score (nSPS) is 17.9. The molecule has 5 rings (SSSR count). The van der Waals surface area contributed by atoms with Crippen LogP contribution >= 0.6 is 0 Å². The van der Waals surface area contributed by atoms with Crippen molar-refractivity contribution in [1.29, 1.82) is 0 Å². The Balaban J connectivity index is 1.36. The van der Waals surface area contributed by atoms with E-state index in [4.69, 9.17) is 14.6 Å². The molecular formula is C30H33FN4O3. The molecule has 3 aromatic carbocycles. The lowest BCUT2D eigenvalue weighted by atomic mass is 9.95. The van der Waals surface area contributed by atoms with Gasteiger partial charge in [-0.3, -0.25) is 9.69 Å². The number of para-hydroxylation sites is 1. The van der Waals surface area contributed by atoms with Crippen molar-refractivity contribution in [3.63, 3.8) is 0 Å². The van der Waals surface area contributed by atoms with Crippen molar-refractivity contribution >= 4 is 17.3 Å². The van der Waals surface area contributed by atoms with E-state index in [-0.39, 0.29) is 24.3 Å². The summed E-state index contributed by atoms with van der Waals surface area (Å²) in [5.74, 6) is 1.08. The maximum absolute atomic E-state index is 14.2. The van der Waals surface area contributed by atoms with Crippen LogP contribution in [0.25, 0.3) is 0 Å². The first kappa shape index (κ1) is 25.7. The first-order valence-corrected chi connectivity index (χ1v) is 12.9. The number of benzene rings is 3. The molecule has 0 radical (unpaired) electrons. The van der Waals surface area contributed by atoms with E-state index in [0.29, 0.717) is 49.8 Å². The van der Waals surface area contributed by atoms with E-state index in [9.17, 15) is 9.18 Å². The van der Waals surface area contributed by atoms with Crippen molar-refractivity contribution in [1.82, 2.24) is 9.91 Å². The van der Waals surface area contributed by atoms with E-state index in [1.54, 1.807) is 31.4 Å². The minimum Gasteiger partial charge on any atom is -0.497 e. The number of hydrogen-bond acceptors (Lipinski definition) is 6. The summed E-state index contributed by atoms with van der Waals surface area (Å²) in [6, 6.07) is 20.4. The number of carbonyl (C=O) groups excluding carboxylic acids is 1. The number of halogens is 1. The zero-order chi connectivity index (χ0) is 26.6. The van der Waals surface area contributed by atoms with Crippen molar-refractivity contribution < 1.29 is 18.7 Å². The molecule has 0 saturated carbocycles. The Morgan fingerprint density at radius 3 is 2.42 bits per heavy atom. The molecule has 0 bridgehead atoms. The van der Waals surface area contributed by atoms with Gasteiger partial charge in [-0.1, -0.05) is 36.4 Å². The van der Waals surface area contributed by atoms with Crippen LogP contribution in [-0.2, 0) is 4.79 Å². The highest BCUT2D eigenvalue weighted by molar-refractivity contribution is 6.05. The summed E-state index contributed by atoms with van der Waals surface area (Å²) in [5.41, 5.74) is 4.46. The topological polar surface area (TPSA) is 57.6 Å². The molecule has 2 heterocycles. The van der Waals surface area contributed by atoms with Crippen molar-refractivity contribution in [2.45, 2.75) is 19.4 Å². The standard InChI is InChI=1S/C30H33FN4O3/c1-21-8-4-5-9-23(21)28-19-26(24-13-12-22(37-2)18-29(24)38-3)32-35(28)30(36)20-33-14-16-34(17-15-33)27-11-7-6-10-25(27)31/h4-13,18,28H,14-17,19-20H2,1-3H3/t28-/m0/s1. The zero-order valence-electron chi connectivity index (χ0n) is 22.1. The molecule has 0 spiro atoms. The van der Waals surface area contributed by atoms with Gasteiger partial charge in [0.05, 0.1) is 38.2 Å². The molecule has 0 aliphatic carbocycles. The van der Waals surface area contributed by atoms with Crippen LogP contribution in [0.1, 0.15) is 29.2 Å². The molecule has 2 aliphatic rings. The van der Waals surface area contributed by atoms with Gasteiger partial charge in [0, 0.05) is 44.2 Å². The first-order valence-electron chi connectivity index (χ1n) is 12.9. The summed E-state index contributed by atoms with van der Waals surface area (Å²) >= 11 is 0. The van der Waals surface area contributed by atoms with Crippen LogP contribution in [-0.4, -0.2) is 68.5 Å². The van der Waals surface area contributed by atoms with E-state index in [1.807, 2.05) is 41.3 Å².